The SMILES string of the molecule is CCN1C(=O)C(CC(=O)O)Sc2ccccc21. The number of thioether (sulfide) groups is 1. The molecule has 1 aliphatic rings. The Morgan fingerprint density at radius 2 is 2.18 bits per heavy atom. The first kappa shape index (κ1) is 12.0. The average molecular weight is 251 g/mol. The topological polar surface area (TPSA) is 57.6 Å². The Balaban J connectivity index is 2.35. The van der Waals surface area contributed by atoms with Crippen LogP contribution in [0.3, 0.4) is 0 Å². The molecule has 1 aromatic rings. The van der Waals surface area contributed by atoms with Crippen molar-refractivity contribution in [1.29, 1.82) is 0 Å². The van der Waals surface area contributed by atoms with Gasteiger partial charge in [0, 0.05) is 11.4 Å². The Labute approximate surface area is 104 Å². The third kappa shape index (κ3) is 2.29. The van der Waals surface area contributed by atoms with Crippen molar-refractivity contribution in [3.63, 3.8) is 0 Å². The van der Waals surface area contributed by atoms with E-state index in [4.69, 9.17) is 5.11 Å². The van der Waals surface area contributed by atoms with E-state index < -0.39 is 11.2 Å². The molecule has 1 atom stereocenters. The Kier molecular flexibility index (Phi) is 3.38. The molecule has 1 aromatic carbocycles. The molecule has 0 saturated heterocycles. The molecule has 1 unspecified atom stereocenters. The number of rotatable bonds is 3. The fourth-order valence-electron chi connectivity index (χ4n) is 1.89. The highest BCUT2D eigenvalue weighted by Gasteiger charge is 2.33. The molecule has 0 bridgehead atoms. The van der Waals surface area contributed by atoms with Gasteiger partial charge in [-0.3, -0.25) is 9.59 Å². The highest BCUT2D eigenvalue weighted by atomic mass is 32.2. The molecular formula is C12H13NO3S. The van der Waals surface area contributed by atoms with Crippen molar-refractivity contribution in [1.82, 2.24) is 0 Å². The number of carbonyl (C=O) groups is 2. The van der Waals surface area contributed by atoms with Crippen LogP contribution in [0.2, 0.25) is 0 Å². The normalized spacial score (nSPS) is 19.0. The zero-order chi connectivity index (χ0) is 12.4. The third-order valence-electron chi connectivity index (χ3n) is 2.64. The number of aliphatic carboxylic acids is 1. The number of carboxylic acids is 1. The minimum absolute atomic E-state index is 0.112. The van der Waals surface area contributed by atoms with Gasteiger partial charge in [-0.15, -0.1) is 11.8 Å². The molecule has 1 N–H and O–H groups in total. The van der Waals surface area contributed by atoms with Gasteiger partial charge in [-0.2, -0.15) is 0 Å². The minimum atomic E-state index is -0.939. The molecule has 1 heterocycles. The maximum Gasteiger partial charge on any atom is 0.305 e. The first-order valence-corrected chi connectivity index (χ1v) is 6.30. The van der Waals surface area contributed by atoms with E-state index in [1.54, 1.807) is 4.90 Å². The lowest BCUT2D eigenvalue weighted by molar-refractivity contribution is -0.138. The van der Waals surface area contributed by atoms with Crippen molar-refractivity contribution in [3.05, 3.63) is 24.3 Å². The summed E-state index contributed by atoms with van der Waals surface area (Å²) < 4.78 is 0. The summed E-state index contributed by atoms with van der Waals surface area (Å²) in [5.41, 5.74) is 0.881. The Morgan fingerprint density at radius 1 is 1.47 bits per heavy atom. The van der Waals surface area contributed by atoms with Gasteiger partial charge in [0.25, 0.3) is 0 Å². The monoisotopic (exact) mass is 251 g/mol. The lowest BCUT2D eigenvalue weighted by Gasteiger charge is -2.32. The van der Waals surface area contributed by atoms with Gasteiger partial charge in [-0.25, -0.2) is 0 Å². The minimum Gasteiger partial charge on any atom is -0.481 e. The number of hydrogen-bond donors (Lipinski definition) is 1. The first-order valence-electron chi connectivity index (χ1n) is 5.42. The summed E-state index contributed by atoms with van der Waals surface area (Å²) in [6, 6.07) is 7.59. The van der Waals surface area contributed by atoms with E-state index in [1.807, 2.05) is 31.2 Å². The van der Waals surface area contributed by atoms with Gasteiger partial charge in [0.05, 0.1) is 17.4 Å². The summed E-state index contributed by atoms with van der Waals surface area (Å²) in [5.74, 6) is -1.05. The molecule has 1 amide bonds. The summed E-state index contributed by atoms with van der Waals surface area (Å²) in [5, 5.41) is 8.29. The van der Waals surface area contributed by atoms with Gasteiger partial charge in [0.1, 0.15) is 0 Å². The van der Waals surface area contributed by atoms with Crippen molar-refractivity contribution in [3.8, 4) is 0 Å². The van der Waals surface area contributed by atoms with Gasteiger partial charge >= 0.3 is 5.97 Å². The fraction of sp³-hybridized carbons (Fsp3) is 0.333. The first-order chi connectivity index (χ1) is 8.13. The number of carboxylic acid groups (broad SMARTS) is 1. The number of anilines is 1. The van der Waals surface area contributed by atoms with Crippen molar-refractivity contribution < 1.29 is 14.7 Å². The quantitative estimate of drug-likeness (QED) is 0.892. The van der Waals surface area contributed by atoms with Crippen molar-refractivity contribution in [2.24, 2.45) is 0 Å². The second-order valence-corrected chi connectivity index (χ2v) is 5.00. The van der Waals surface area contributed by atoms with Crippen LogP contribution in [0.15, 0.2) is 29.2 Å². The van der Waals surface area contributed by atoms with E-state index in [1.165, 1.54) is 11.8 Å². The van der Waals surface area contributed by atoms with E-state index >= 15 is 0 Å². The number of nitrogens with zero attached hydrogens (tertiary/aromatic N) is 1. The predicted octanol–water partition coefficient (Wildman–Crippen LogP) is 1.99. The third-order valence-corrected chi connectivity index (χ3v) is 3.89. The van der Waals surface area contributed by atoms with Crippen LogP contribution in [0, 0.1) is 0 Å². The number of para-hydroxylation sites is 1. The molecule has 17 heavy (non-hydrogen) atoms. The second kappa shape index (κ2) is 4.79. The van der Waals surface area contributed by atoms with Crippen LogP contribution in [0.4, 0.5) is 5.69 Å². The molecule has 2 rings (SSSR count). The van der Waals surface area contributed by atoms with E-state index in [9.17, 15) is 9.59 Å². The molecule has 0 saturated carbocycles. The van der Waals surface area contributed by atoms with Gasteiger partial charge in [-0.1, -0.05) is 12.1 Å². The van der Waals surface area contributed by atoms with E-state index in [-0.39, 0.29) is 12.3 Å². The maximum atomic E-state index is 12.1. The number of amides is 1. The predicted molar refractivity (Wildman–Crippen MR) is 66.4 cm³/mol. The van der Waals surface area contributed by atoms with Crippen LogP contribution in [0.5, 0.6) is 0 Å². The molecule has 0 aliphatic carbocycles. The van der Waals surface area contributed by atoms with Crippen molar-refractivity contribution in [2.45, 2.75) is 23.5 Å². The van der Waals surface area contributed by atoms with Gasteiger partial charge in [0.15, 0.2) is 0 Å². The molecule has 4 nitrogen and oxygen atoms in total. The van der Waals surface area contributed by atoms with Crippen LogP contribution in [0.1, 0.15) is 13.3 Å². The zero-order valence-electron chi connectivity index (χ0n) is 9.42. The number of hydrogen-bond acceptors (Lipinski definition) is 3. The van der Waals surface area contributed by atoms with Gasteiger partial charge in [0.2, 0.25) is 5.91 Å². The summed E-state index contributed by atoms with van der Waals surface area (Å²) in [6.07, 6.45) is -0.131. The molecule has 0 aromatic heterocycles. The molecule has 0 fully saturated rings. The molecule has 5 heteroatoms. The molecule has 0 spiro atoms. The Bertz CT molecular complexity index is 461. The highest BCUT2D eigenvalue weighted by molar-refractivity contribution is 8.01. The lowest BCUT2D eigenvalue weighted by atomic mass is 10.2. The number of carbonyl (C=O) groups excluding carboxylic acids is 1. The van der Waals surface area contributed by atoms with Crippen molar-refractivity contribution >= 4 is 29.3 Å². The van der Waals surface area contributed by atoms with E-state index in [0.717, 1.165) is 10.6 Å². The molecule has 0 radical (unpaired) electrons. The number of benzene rings is 1. The van der Waals surface area contributed by atoms with Crippen LogP contribution in [0.25, 0.3) is 0 Å². The van der Waals surface area contributed by atoms with Gasteiger partial charge < -0.3 is 10.0 Å². The van der Waals surface area contributed by atoms with Crippen LogP contribution < -0.4 is 4.90 Å². The highest BCUT2D eigenvalue weighted by Crippen LogP contribution is 2.39. The summed E-state index contributed by atoms with van der Waals surface area (Å²) >= 11 is 1.34. The van der Waals surface area contributed by atoms with E-state index in [2.05, 4.69) is 0 Å². The Hall–Kier alpha value is -1.49. The Morgan fingerprint density at radius 3 is 2.82 bits per heavy atom. The van der Waals surface area contributed by atoms with E-state index in [0.29, 0.717) is 6.54 Å². The maximum absolute atomic E-state index is 12.1. The molecular weight excluding hydrogens is 238 g/mol. The van der Waals surface area contributed by atoms with Crippen LogP contribution in [-0.4, -0.2) is 28.8 Å². The van der Waals surface area contributed by atoms with Crippen LogP contribution >= 0.6 is 11.8 Å². The van der Waals surface area contributed by atoms with Gasteiger partial charge in [-0.05, 0) is 19.1 Å². The summed E-state index contributed by atoms with van der Waals surface area (Å²) in [4.78, 5) is 25.5. The number of fused-ring (bicyclic) bond motifs is 1. The van der Waals surface area contributed by atoms with Crippen LogP contribution in [-0.2, 0) is 9.59 Å². The summed E-state index contributed by atoms with van der Waals surface area (Å²) in [6.45, 7) is 2.45. The molecule has 90 valence electrons. The summed E-state index contributed by atoms with van der Waals surface area (Å²) in [7, 11) is 0. The fourth-order valence-corrected chi connectivity index (χ4v) is 3.11. The van der Waals surface area contributed by atoms with Crippen molar-refractivity contribution in [2.75, 3.05) is 11.4 Å². The second-order valence-electron chi connectivity index (χ2n) is 3.75. The zero-order valence-corrected chi connectivity index (χ0v) is 10.2. The smallest absolute Gasteiger partial charge is 0.305 e. The lowest BCUT2D eigenvalue weighted by Crippen LogP contribution is -2.41. The standard InChI is InChI=1S/C12H13NO3S/c1-2-13-8-5-3-4-6-9(8)17-10(12(13)16)7-11(14)15/h3-6,10H,2,7H2,1H3,(H,14,15). The largest absolute Gasteiger partial charge is 0.481 e. The molecule has 1 aliphatic heterocycles. The average Bonchev–Trinajstić information content (AvgIpc) is 2.30.